The van der Waals surface area contributed by atoms with Crippen LogP contribution in [0.1, 0.15) is 48.6 Å². The molecule has 1 aliphatic carbocycles. The van der Waals surface area contributed by atoms with Gasteiger partial charge in [0.15, 0.2) is 0 Å². The molecule has 0 saturated heterocycles. The van der Waals surface area contributed by atoms with E-state index in [0.717, 1.165) is 42.2 Å². The molecular weight excluding hydrogens is 494 g/mol. The lowest BCUT2D eigenvalue weighted by Crippen LogP contribution is -2.40. The summed E-state index contributed by atoms with van der Waals surface area (Å²) in [6.45, 7) is 0.975. The van der Waals surface area contributed by atoms with Gasteiger partial charge in [0.25, 0.3) is 0 Å². The number of carbonyl (C=O) groups is 1. The Kier molecular flexibility index (Phi) is 8.44. The molecule has 1 aliphatic heterocycles. The van der Waals surface area contributed by atoms with E-state index in [2.05, 4.69) is 63.7 Å². The number of benzene rings is 3. The Labute approximate surface area is 227 Å². The molecule has 5 atom stereocenters. The first-order valence-electron chi connectivity index (χ1n) is 13.5. The van der Waals surface area contributed by atoms with Gasteiger partial charge in [0.05, 0.1) is 12.6 Å². The number of likely N-dealkylation sites (N-methyl/N-ethyl adjacent to an activating group) is 1. The summed E-state index contributed by atoms with van der Waals surface area (Å²) in [6, 6.07) is 26.0. The quantitative estimate of drug-likeness (QED) is 0.327. The van der Waals surface area contributed by atoms with Gasteiger partial charge in [0.2, 0.25) is 0 Å². The van der Waals surface area contributed by atoms with Crippen molar-refractivity contribution in [3.05, 3.63) is 108 Å². The molecule has 5 rings (SSSR count). The molecule has 1 fully saturated rings. The summed E-state index contributed by atoms with van der Waals surface area (Å²) in [4.78, 5) is 17.0. The molecule has 1 heterocycles. The van der Waals surface area contributed by atoms with Crippen molar-refractivity contribution in [2.45, 2.75) is 43.6 Å². The summed E-state index contributed by atoms with van der Waals surface area (Å²) in [5, 5.41) is 1.13. The third-order valence-corrected chi connectivity index (χ3v) is 8.48. The second-order valence-corrected chi connectivity index (χ2v) is 11.1. The molecule has 0 spiro atoms. The number of nitrogens with zero attached hydrogens (tertiary/aromatic N) is 2. The summed E-state index contributed by atoms with van der Waals surface area (Å²) < 4.78 is 20.1. The van der Waals surface area contributed by atoms with Crippen LogP contribution in [0.2, 0.25) is 0 Å². The van der Waals surface area contributed by atoms with Gasteiger partial charge in [0, 0.05) is 31.4 Å². The predicted molar refractivity (Wildman–Crippen MR) is 155 cm³/mol. The van der Waals surface area contributed by atoms with Crippen LogP contribution in [0.25, 0.3) is 0 Å². The Bertz CT molecular complexity index is 1250. The Balaban J connectivity index is 1.27. The third kappa shape index (κ3) is 6.10. The SMILES string of the molecule is CN(c1ccccc1)C1C=CN(C(=O)OC[C@H]2CCC[C@@H](c3cccc(F)c3)C2c2ccc(P)cc2)CC1. The predicted octanol–water partition coefficient (Wildman–Crippen LogP) is 6.85. The first-order valence-corrected chi connectivity index (χ1v) is 14.1. The van der Waals surface area contributed by atoms with E-state index in [1.807, 2.05) is 30.5 Å². The summed E-state index contributed by atoms with van der Waals surface area (Å²) >= 11 is 0. The van der Waals surface area contributed by atoms with Gasteiger partial charge in [-0.15, -0.1) is 9.24 Å². The molecule has 3 aromatic rings. The molecule has 0 aromatic heterocycles. The molecule has 0 radical (unpaired) electrons. The fraction of sp³-hybridized carbons (Fsp3) is 0.344. The van der Waals surface area contributed by atoms with Crippen molar-refractivity contribution in [2.75, 3.05) is 25.1 Å². The van der Waals surface area contributed by atoms with Crippen molar-refractivity contribution in [2.24, 2.45) is 5.92 Å². The van der Waals surface area contributed by atoms with Crippen LogP contribution in [0.15, 0.2) is 91.1 Å². The minimum absolute atomic E-state index is 0.157. The highest BCUT2D eigenvalue weighted by Gasteiger charge is 2.36. The molecular formula is C32H36FN2O2P. The van der Waals surface area contributed by atoms with Gasteiger partial charge in [-0.25, -0.2) is 9.18 Å². The lowest BCUT2D eigenvalue weighted by atomic mass is 9.67. The lowest BCUT2D eigenvalue weighted by Gasteiger charge is -2.39. The average Bonchev–Trinajstić information content (AvgIpc) is 2.96. The lowest BCUT2D eigenvalue weighted by molar-refractivity contribution is 0.0808. The van der Waals surface area contributed by atoms with Crippen LogP contribution in [0.4, 0.5) is 14.9 Å². The van der Waals surface area contributed by atoms with E-state index >= 15 is 0 Å². The van der Waals surface area contributed by atoms with Gasteiger partial charge >= 0.3 is 6.09 Å². The van der Waals surface area contributed by atoms with E-state index in [0.29, 0.717) is 13.2 Å². The first-order chi connectivity index (χ1) is 18.5. The monoisotopic (exact) mass is 530 g/mol. The highest BCUT2D eigenvalue weighted by atomic mass is 31.0. The van der Waals surface area contributed by atoms with E-state index in [1.54, 1.807) is 17.0 Å². The Morgan fingerprint density at radius 2 is 1.79 bits per heavy atom. The minimum Gasteiger partial charge on any atom is -0.449 e. The van der Waals surface area contributed by atoms with E-state index < -0.39 is 0 Å². The van der Waals surface area contributed by atoms with Crippen molar-refractivity contribution in [1.29, 1.82) is 0 Å². The molecule has 0 bridgehead atoms. The number of rotatable bonds is 6. The zero-order valence-corrected chi connectivity index (χ0v) is 23.0. The minimum atomic E-state index is -0.297. The fourth-order valence-corrected chi connectivity index (χ4v) is 6.24. The molecule has 3 aromatic carbocycles. The maximum Gasteiger partial charge on any atom is 0.413 e. The molecule has 1 saturated carbocycles. The van der Waals surface area contributed by atoms with E-state index in [1.165, 1.54) is 11.6 Å². The first kappa shape index (κ1) is 26.4. The van der Waals surface area contributed by atoms with Gasteiger partial charge in [-0.05, 0) is 77.9 Å². The average molecular weight is 531 g/mol. The highest BCUT2D eigenvalue weighted by Crippen LogP contribution is 2.47. The van der Waals surface area contributed by atoms with Crippen LogP contribution < -0.4 is 10.2 Å². The molecule has 2 aliphatic rings. The van der Waals surface area contributed by atoms with Crippen molar-refractivity contribution in [3.63, 3.8) is 0 Å². The van der Waals surface area contributed by atoms with Crippen LogP contribution in [0, 0.1) is 11.7 Å². The zero-order chi connectivity index (χ0) is 26.5. The van der Waals surface area contributed by atoms with E-state index in [-0.39, 0.29) is 35.7 Å². The number of hydrogen-bond donors (Lipinski definition) is 0. The highest BCUT2D eigenvalue weighted by molar-refractivity contribution is 7.27. The number of hydrogen-bond acceptors (Lipinski definition) is 3. The van der Waals surface area contributed by atoms with Crippen molar-refractivity contribution < 1.29 is 13.9 Å². The summed E-state index contributed by atoms with van der Waals surface area (Å²) in [5.74, 6) is 0.303. The molecule has 0 N–H and O–H groups in total. The van der Waals surface area contributed by atoms with Gasteiger partial charge in [0.1, 0.15) is 5.82 Å². The topological polar surface area (TPSA) is 32.8 Å². The Morgan fingerprint density at radius 1 is 1.00 bits per heavy atom. The van der Waals surface area contributed by atoms with Gasteiger partial charge in [-0.3, -0.25) is 4.90 Å². The van der Waals surface area contributed by atoms with Gasteiger partial charge in [-0.1, -0.05) is 61.0 Å². The molecule has 3 unspecified atom stereocenters. The third-order valence-electron chi connectivity index (χ3n) is 8.10. The van der Waals surface area contributed by atoms with Crippen LogP contribution in [-0.2, 0) is 4.74 Å². The summed E-state index contributed by atoms with van der Waals surface area (Å²) in [6.07, 6.45) is 7.48. The molecule has 6 heteroatoms. The fourth-order valence-electron chi connectivity index (χ4n) is 6.04. The molecule has 4 nitrogen and oxygen atoms in total. The van der Waals surface area contributed by atoms with Crippen molar-refractivity contribution in [3.8, 4) is 0 Å². The number of carbonyl (C=O) groups excluding carboxylic acids is 1. The molecule has 38 heavy (non-hydrogen) atoms. The number of halogens is 1. The van der Waals surface area contributed by atoms with E-state index in [4.69, 9.17) is 4.74 Å². The van der Waals surface area contributed by atoms with Crippen molar-refractivity contribution >= 4 is 26.3 Å². The van der Waals surface area contributed by atoms with Crippen LogP contribution >= 0.6 is 9.24 Å². The van der Waals surface area contributed by atoms with Gasteiger partial charge < -0.3 is 9.64 Å². The van der Waals surface area contributed by atoms with Crippen LogP contribution in [-0.4, -0.2) is 37.2 Å². The number of anilines is 1. The zero-order valence-electron chi connectivity index (χ0n) is 21.9. The standard InChI is InChI=1S/C32H36FN2O2P/c1-34(27-10-3-2-4-11-27)28-17-19-35(20-18-28)32(36)37-22-25-8-6-12-30(24-7-5-9-26(33)21-24)31(25)23-13-15-29(38)16-14-23/h2-5,7,9-11,13-17,19,21,25,28,30-31H,6,8,12,18,20,22,38H2,1H3/t25-,28?,30+,31?/m1/s1. The number of para-hydroxylation sites is 1. The Hall–Kier alpha value is -3.17. The molecule has 198 valence electrons. The maximum atomic E-state index is 14.1. The second-order valence-electron chi connectivity index (χ2n) is 10.5. The molecule has 1 amide bonds. The number of ether oxygens (including phenoxy) is 1. The summed E-state index contributed by atoms with van der Waals surface area (Å²) in [5.41, 5.74) is 3.40. The van der Waals surface area contributed by atoms with Crippen molar-refractivity contribution in [1.82, 2.24) is 4.90 Å². The van der Waals surface area contributed by atoms with E-state index in [9.17, 15) is 9.18 Å². The summed E-state index contributed by atoms with van der Waals surface area (Å²) in [7, 11) is 4.82. The van der Waals surface area contributed by atoms with Crippen LogP contribution in [0.3, 0.4) is 0 Å². The maximum absolute atomic E-state index is 14.1. The smallest absolute Gasteiger partial charge is 0.413 e. The van der Waals surface area contributed by atoms with Gasteiger partial charge in [-0.2, -0.15) is 0 Å². The largest absolute Gasteiger partial charge is 0.449 e. The normalized spacial score (nSPS) is 23.2. The Morgan fingerprint density at radius 3 is 2.50 bits per heavy atom. The van der Waals surface area contributed by atoms with Crippen LogP contribution in [0.5, 0.6) is 0 Å². The second kappa shape index (κ2) is 12.1. The number of amides is 1.